The van der Waals surface area contributed by atoms with Crippen molar-refractivity contribution in [2.75, 3.05) is 31.3 Å². The minimum Gasteiger partial charge on any atom is -0.494 e. The Bertz CT molecular complexity index is 1420. The lowest BCUT2D eigenvalue weighted by Gasteiger charge is -2.36. The van der Waals surface area contributed by atoms with Gasteiger partial charge in [-0.05, 0) is 43.9 Å². The molecule has 4 N–H and O–H groups in total. The van der Waals surface area contributed by atoms with Gasteiger partial charge in [-0.1, -0.05) is 51.1 Å². The van der Waals surface area contributed by atoms with Crippen molar-refractivity contribution in [3.8, 4) is 5.75 Å². The largest absolute Gasteiger partial charge is 0.494 e. The third-order valence-corrected chi connectivity index (χ3v) is 7.58. The molecule has 224 valence electrons. The van der Waals surface area contributed by atoms with Crippen LogP contribution >= 0.6 is 0 Å². The molecule has 11 nitrogen and oxygen atoms in total. The number of anilines is 2. The van der Waals surface area contributed by atoms with Crippen molar-refractivity contribution < 1.29 is 19.1 Å². The predicted molar refractivity (Wildman–Crippen MR) is 163 cm³/mol. The predicted octanol–water partition coefficient (Wildman–Crippen LogP) is 3.32. The number of hydrogen-bond donors (Lipinski definition) is 4. The Hall–Kier alpha value is -4.25. The maximum absolute atomic E-state index is 13.8. The van der Waals surface area contributed by atoms with E-state index < -0.39 is 23.5 Å². The van der Waals surface area contributed by atoms with Crippen LogP contribution in [-0.2, 0) is 20.9 Å². The Balaban J connectivity index is 1.56. The van der Waals surface area contributed by atoms with Gasteiger partial charge in [0.05, 0.1) is 24.4 Å². The Morgan fingerprint density at radius 3 is 2.52 bits per heavy atom. The number of carbonyl (C=O) groups excluding carboxylic acids is 3. The van der Waals surface area contributed by atoms with Gasteiger partial charge in [0.1, 0.15) is 30.0 Å². The number of ether oxygens (including phenoxy) is 1. The molecule has 2 heterocycles. The first-order chi connectivity index (χ1) is 20.0. The summed E-state index contributed by atoms with van der Waals surface area (Å²) in [4.78, 5) is 50.6. The number of likely N-dealkylation sites (N-methyl/N-ethyl adjacent to an activating group) is 1. The van der Waals surface area contributed by atoms with Crippen LogP contribution in [-0.4, -0.2) is 71.4 Å². The molecule has 1 aliphatic rings. The molecule has 2 aromatic carbocycles. The van der Waals surface area contributed by atoms with Crippen LogP contribution in [0.2, 0.25) is 0 Å². The van der Waals surface area contributed by atoms with Gasteiger partial charge in [-0.2, -0.15) is 0 Å². The molecule has 1 fully saturated rings. The molecular formula is C31H41N7O4. The van der Waals surface area contributed by atoms with Gasteiger partial charge >= 0.3 is 0 Å². The van der Waals surface area contributed by atoms with Gasteiger partial charge in [-0.3, -0.25) is 14.4 Å². The van der Waals surface area contributed by atoms with Crippen molar-refractivity contribution in [2.24, 2.45) is 5.41 Å². The van der Waals surface area contributed by atoms with Gasteiger partial charge in [-0.25, -0.2) is 9.97 Å². The van der Waals surface area contributed by atoms with Crippen LogP contribution in [0.5, 0.6) is 5.75 Å². The molecule has 0 saturated carbocycles. The molecule has 0 radical (unpaired) electrons. The van der Waals surface area contributed by atoms with Crippen molar-refractivity contribution >= 4 is 40.1 Å². The maximum atomic E-state index is 13.8. The molecule has 0 spiro atoms. The number of amides is 3. The van der Waals surface area contributed by atoms with Gasteiger partial charge in [0.15, 0.2) is 0 Å². The summed E-state index contributed by atoms with van der Waals surface area (Å²) in [5, 5.41) is 12.9. The molecule has 3 aromatic rings. The van der Waals surface area contributed by atoms with Crippen molar-refractivity contribution in [2.45, 2.75) is 65.2 Å². The second-order valence-electron chi connectivity index (χ2n) is 11.6. The topological polar surface area (TPSA) is 138 Å². The van der Waals surface area contributed by atoms with E-state index in [9.17, 15) is 14.4 Å². The van der Waals surface area contributed by atoms with Gasteiger partial charge < -0.3 is 30.9 Å². The minimum atomic E-state index is -0.792. The number of benzene rings is 2. The first kappa shape index (κ1) is 30.7. The van der Waals surface area contributed by atoms with Crippen LogP contribution in [0.25, 0.3) is 10.9 Å². The zero-order valence-electron chi connectivity index (χ0n) is 25.2. The number of aromatic nitrogens is 2. The van der Waals surface area contributed by atoms with Crippen molar-refractivity contribution in [1.29, 1.82) is 0 Å². The summed E-state index contributed by atoms with van der Waals surface area (Å²) in [5.41, 5.74) is 1.65. The molecule has 3 amide bonds. The summed E-state index contributed by atoms with van der Waals surface area (Å²) in [7, 11) is 3.22. The smallest absolute Gasteiger partial charge is 0.247 e. The van der Waals surface area contributed by atoms with E-state index >= 15 is 0 Å². The molecule has 4 rings (SSSR count). The average Bonchev–Trinajstić information content (AvgIpc) is 3.48. The number of carbonyl (C=O) groups is 3. The fourth-order valence-electron chi connectivity index (χ4n) is 5.00. The number of fused-ring (bicyclic) bond motifs is 1. The van der Waals surface area contributed by atoms with Crippen molar-refractivity contribution in [3.05, 3.63) is 54.4 Å². The highest BCUT2D eigenvalue weighted by molar-refractivity contribution is 6.02. The molecule has 42 heavy (non-hydrogen) atoms. The van der Waals surface area contributed by atoms with Gasteiger partial charge in [0.25, 0.3) is 0 Å². The first-order valence-corrected chi connectivity index (χ1v) is 14.2. The zero-order valence-corrected chi connectivity index (χ0v) is 25.2. The second-order valence-corrected chi connectivity index (χ2v) is 11.6. The molecule has 0 unspecified atom stereocenters. The van der Waals surface area contributed by atoms with Gasteiger partial charge in [0.2, 0.25) is 17.7 Å². The lowest BCUT2D eigenvalue weighted by molar-refractivity contribution is -0.143. The third kappa shape index (κ3) is 6.96. The fourth-order valence-corrected chi connectivity index (χ4v) is 5.00. The fraction of sp³-hybridized carbons (Fsp3) is 0.452. The summed E-state index contributed by atoms with van der Waals surface area (Å²) < 4.78 is 5.59. The Morgan fingerprint density at radius 1 is 1.12 bits per heavy atom. The first-order valence-electron chi connectivity index (χ1n) is 14.2. The molecule has 1 aliphatic heterocycles. The summed E-state index contributed by atoms with van der Waals surface area (Å²) in [6.07, 6.45) is 2.67. The summed E-state index contributed by atoms with van der Waals surface area (Å²) in [6, 6.07) is 11.6. The number of rotatable bonds is 10. The molecule has 11 heteroatoms. The van der Waals surface area contributed by atoms with Crippen molar-refractivity contribution in [1.82, 2.24) is 25.5 Å². The van der Waals surface area contributed by atoms with Gasteiger partial charge in [-0.15, -0.1) is 0 Å². The van der Waals surface area contributed by atoms with Gasteiger partial charge in [0, 0.05) is 24.5 Å². The maximum Gasteiger partial charge on any atom is 0.247 e. The molecule has 3 atom stereocenters. The monoisotopic (exact) mass is 575 g/mol. The lowest BCUT2D eigenvalue weighted by atomic mass is 9.85. The highest BCUT2D eigenvalue weighted by Crippen LogP contribution is 2.33. The third-order valence-electron chi connectivity index (χ3n) is 7.58. The lowest BCUT2D eigenvalue weighted by Crippen LogP contribution is -2.59. The van der Waals surface area contributed by atoms with E-state index in [1.807, 2.05) is 51.1 Å². The molecular weight excluding hydrogens is 534 g/mol. The van der Waals surface area contributed by atoms with Crippen LogP contribution in [0.1, 0.15) is 46.1 Å². The minimum absolute atomic E-state index is 0.272. The number of nitrogens with one attached hydrogen (secondary N) is 4. The quantitative estimate of drug-likeness (QED) is 0.289. The zero-order chi connectivity index (χ0) is 30.4. The summed E-state index contributed by atoms with van der Waals surface area (Å²) in [6.45, 7) is 8.43. The van der Waals surface area contributed by atoms with Crippen LogP contribution in [0.3, 0.4) is 0 Å². The Morgan fingerprint density at radius 2 is 1.86 bits per heavy atom. The van der Waals surface area contributed by atoms with Crippen LogP contribution in [0.15, 0.2) is 48.8 Å². The standard InChI is InChI=1S/C31H41N7O4/c1-19(32-5)28(39)37-26(31(2,3)4)30(41)38-14-10-13-24(38)29(40)36-23-15-21-22(16-25(23)42-6)34-18-35-27(21)33-17-20-11-8-7-9-12-20/h7-9,11-12,15-16,18-19,24,26,32H,10,13-14,17H2,1-6H3,(H,36,40)(H,37,39)(H,33,34,35)/t19-,24-,26+/m0/s1. The van der Waals surface area contributed by atoms with E-state index in [0.717, 1.165) is 10.9 Å². The van der Waals surface area contributed by atoms with Crippen molar-refractivity contribution in [3.63, 3.8) is 0 Å². The highest BCUT2D eigenvalue weighted by atomic mass is 16.5. The number of hydrogen-bond acceptors (Lipinski definition) is 8. The number of likely N-dealkylation sites (tertiary alicyclic amines) is 1. The van der Waals surface area contributed by atoms with E-state index in [1.54, 1.807) is 31.0 Å². The summed E-state index contributed by atoms with van der Waals surface area (Å²) in [5.74, 6) is 0.199. The van der Waals surface area contributed by atoms with E-state index in [-0.39, 0.29) is 17.7 Å². The summed E-state index contributed by atoms with van der Waals surface area (Å²) >= 11 is 0. The molecule has 1 saturated heterocycles. The normalized spacial score (nSPS) is 16.5. The highest BCUT2D eigenvalue weighted by Gasteiger charge is 2.42. The second kappa shape index (κ2) is 13.2. The molecule has 1 aromatic heterocycles. The van der Waals surface area contributed by atoms with E-state index in [4.69, 9.17) is 4.74 Å². The Kier molecular flexibility index (Phi) is 9.62. The SMILES string of the molecule is CN[C@@H](C)C(=O)N[C@H](C(=O)N1CCC[C@H]1C(=O)Nc1cc2c(NCc3ccccc3)ncnc2cc1OC)C(C)(C)C. The molecule has 0 aliphatic carbocycles. The van der Waals surface area contributed by atoms with E-state index in [2.05, 4.69) is 31.2 Å². The number of nitrogens with zero attached hydrogens (tertiary/aromatic N) is 3. The van der Waals surface area contributed by atoms with Crippen LogP contribution < -0.4 is 26.0 Å². The Labute approximate surface area is 246 Å². The van der Waals surface area contributed by atoms with E-state index in [1.165, 1.54) is 13.4 Å². The van der Waals surface area contributed by atoms with E-state index in [0.29, 0.717) is 48.7 Å². The molecule has 0 bridgehead atoms. The van der Waals surface area contributed by atoms with Crippen LogP contribution in [0, 0.1) is 5.41 Å². The van der Waals surface area contributed by atoms with Crippen LogP contribution in [0.4, 0.5) is 11.5 Å². The number of methoxy groups -OCH3 is 1. The average molecular weight is 576 g/mol.